The Bertz CT molecular complexity index is 211. The molecule has 15 heavy (non-hydrogen) atoms. The molecule has 0 saturated heterocycles. The molecule has 0 aromatic carbocycles. The molecule has 1 atom stereocenters. The normalized spacial score (nSPS) is 20.7. The minimum Gasteiger partial charge on any atom is -0.418 e. The van der Waals surface area contributed by atoms with Gasteiger partial charge < -0.3 is 27.1 Å². The molecule has 1 aliphatic rings. The van der Waals surface area contributed by atoms with Crippen molar-refractivity contribution in [2.24, 2.45) is 0 Å². The third-order valence-electron chi connectivity index (χ3n) is 2.09. The van der Waals surface area contributed by atoms with Crippen molar-refractivity contribution in [1.82, 2.24) is 9.80 Å². The van der Waals surface area contributed by atoms with Gasteiger partial charge in [-0.2, -0.15) is 0 Å². The molecule has 0 radical (unpaired) electrons. The summed E-state index contributed by atoms with van der Waals surface area (Å²) in [6.07, 6.45) is 4.79. The SMILES string of the molecule is CC(C)N1C=CN(C)C1C.F[B-](F)(F)F. The van der Waals surface area contributed by atoms with Crippen LogP contribution in [0.2, 0.25) is 0 Å². The van der Waals surface area contributed by atoms with Gasteiger partial charge in [0.1, 0.15) is 0 Å². The molecule has 0 spiro atoms. The molecule has 0 N–H and O–H groups in total. The molecule has 0 saturated carbocycles. The van der Waals surface area contributed by atoms with Crippen LogP contribution in [0, 0.1) is 0 Å². The zero-order valence-electron chi connectivity index (χ0n) is 9.29. The number of halogens is 4. The topological polar surface area (TPSA) is 6.48 Å². The summed E-state index contributed by atoms with van der Waals surface area (Å²) in [6.45, 7) is 6.62. The minimum absolute atomic E-state index is 0.528. The molecular weight excluding hydrogens is 211 g/mol. The lowest BCUT2D eigenvalue weighted by Gasteiger charge is -2.30. The van der Waals surface area contributed by atoms with E-state index in [0.29, 0.717) is 12.2 Å². The summed E-state index contributed by atoms with van der Waals surface area (Å²) in [5.41, 5.74) is 0. The van der Waals surface area contributed by atoms with E-state index in [4.69, 9.17) is 0 Å². The van der Waals surface area contributed by atoms with Crippen LogP contribution >= 0.6 is 0 Å². The van der Waals surface area contributed by atoms with Crippen LogP contribution < -0.4 is 0 Å². The fourth-order valence-corrected chi connectivity index (χ4v) is 1.25. The quantitative estimate of drug-likeness (QED) is 0.502. The third kappa shape index (κ3) is 6.25. The van der Waals surface area contributed by atoms with Crippen molar-refractivity contribution in [1.29, 1.82) is 0 Å². The zero-order valence-corrected chi connectivity index (χ0v) is 9.29. The predicted molar refractivity (Wildman–Crippen MR) is 53.5 cm³/mol. The van der Waals surface area contributed by atoms with Gasteiger partial charge in [0.15, 0.2) is 0 Å². The molecule has 1 unspecified atom stereocenters. The molecule has 1 rings (SSSR count). The summed E-state index contributed by atoms with van der Waals surface area (Å²) in [4.78, 5) is 4.54. The van der Waals surface area contributed by atoms with Gasteiger partial charge in [-0.1, -0.05) is 0 Å². The molecule has 1 heterocycles. The molecule has 0 aliphatic carbocycles. The average molecular weight is 227 g/mol. The van der Waals surface area contributed by atoms with Crippen LogP contribution in [0.3, 0.4) is 0 Å². The van der Waals surface area contributed by atoms with Gasteiger partial charge in [-0.25, -0.2) is 0 Å². The van der Waals surface area contributed by atoms with E-state index < -0.39 is 7.25 Å². The van der Waals surface area contributed by atoms with Gasteiger partial charge in [-0.15, -0.1) is 0 Å². The highest BCUT2D eigenvalue weighted by Gasteiger charge is 2.20. The van der Waals surface area contributed by atoms with E-state index in [-0.39, 0.29) is 0 Å². The van der Waals surface area contributed by atoms with Crippen molar-refractivity contribution in [2.75, 3.05) is 7.05 Å². The lowest BCUT2D eigenvalue weighted by atomic mass is 10.3. The van der Waals surface area contributed by atoms with Gasteiger partial charge in [0.05, 0.1) is 6.17 Å². The van der Waals surface area contributed by atoms with Crippen molar-refractivity contribution >= 4 is 7.25 Å². The van der Waals surface area contributed by atoms with Crippen molar-refractivity contribution < 1.29 is 17.3 Å². The first kappa shape index (κ1) is 14.1. The highest BCUT2D eigenvalue weighted by Crippen LogP contribution is 2.15. The molecular formula is C8H16BF4N2-. The van der Waals surface area contributed by atoms with E-state index in [1.165, 1.54) is 0 Å². The molecule has 1 aliphatic heterocycles. The molecule has 0 aromatic rings. The molecule has 0 aromatic heterocycles. The highest BCUT2D eigenvalue weighted by atomic mass is 19.5. The van der Waals surface area contributed by atoms with Gasteiger partial charge in [-0.3, -0.25) is 0 Å². The van der Waals surface area contributed by atoms with Gasteiger partial charge in [-0.05, 0) is 20.8 Å². The summed E-state index contributed by atoms with van der Waals surface area (Å²) < 4.78 is 39.0. The average Bonchev–Trinajstić information content (AvgIpc) is 2.29. The summed E-state index contributed by atoms with van der Waals surface area (Å²) in [5, 5.41) is 0. The van der Waals surface area contributed by atoms with Crippen molar-refractivity contribution in [3.8, 4) is 0 Å². The number of nitrogens with zero attached hydrogens (tertiary/aromatic N) is 2. The molecule has 7 heteroatoms. The van der Waals surface area contributed by atoms with Gasteiger partial charge >= 0.3 is 7.25 Å². The van der Waals surface area contributed by atoms with Crippen LogP contribution in [0.5, 0.6) is 0 Å². The Morgan fingerprint density at radius 1 is 1.13 bits per heavy atom. The van der Waals surface area contributed by atoms with E-state index in [9.17, 15) is 17.3 Å². The van der Waals surface area contributed by atoms with E-state index in [2.05, 4.69) is 50.0 Å². The summed E-state index contributed by atoms with van der Waals surface area (Å²) in [6, 6.07) is 0.608. The third-order valence-corrected chi connectivity index (χ3v) is 2.09. The standard InChI is InChI=1S/C8H16N2.BF4/c1-7(2)10-6-5-9(4)8(10)3;2-1(3,4)5/h5-8H,1-4H3;/q;-1. The number of hydrogen-bond acceptors (Lipinski definition) is 2. The smallest absolute Gasteiger partial charge is 0.418 e. The summed E-state index contributed by atoms with van der Waals surface area (Å²) in [7, 11) is -3.90. The Balaban J connectivity index is 0.000000336. The summed E-state index contributed by atoms with van der Waals surface area (Å²) >= 11 is 0. The zero-order chi connectivity index (χ0) is 12.2. The van der Waals surface area contributed by atoms with Crippen LogP contribution in [0.25, 0.3) is 0 Å². The van der Waals surface area contributed by atoms with Crippen molar-refractivity contribution in [3.63, 3.8) is 0 Å². The van der Waals surface area contributed by atoms with Crippen LogP contribution in [-0.4, -0.2) is 36.3 Å². The Morgan fingerprint density at radius 3 is 1.67 bits per heavy atom. The summed E-state index contributed by atoms with van der Waals surface area (Å²) in [5.74, 6) is 0. The van der Waals surface area contributed by atoms with Crippen LogP contribution in [0.1, 0.15) is 20.8 Å². The predicted octanol–water partition coefficient (Wildman–Crippen LogP) is 2.76. The van der Waals surface area contributed by atoms with Crippen molar-refractivity contribution in [2.45, 2.75) is 33.0 Å². The number of hydrogen-bond donors (Lipinski definition) is 0. The van der Waals surface area contributed by atoms with Gasteiger partial charge in [0.25, 0.3) is 0 Å². The Labute approximate surface area is 87.6 Å². The fraction of sp³-hybridized carbons (Fsp3) is 0.750. The minimum atomic E-state index is -6.00. The maximum atomic E-state index is 9.75. The maximum absolute atomic E-state index is 9.75. The highest BCUT2D eigenvalue weighted by molar-refractivity contribution is 6.50. The molecule has 0 amide bonds. The lowest BCUT2D eigenvalue weighted by Crippen LogP contribution is -2.37. The van der Waals surface area contributed by atoms with E-state index in [1.807, 2.05) is 0 Å². The first-order chi connectivity index (χ1) is 6.63. The largest absolute Gasteiger partial charge is 0.673 e. The van der Waals surface area contributed by atoms with Gasteiger partial charge in [0.2, 0.25) is 0 Å². The second kappa shape index (κ2) is 5.28. The van der Waals surface area contributed by atoms with E-state index >= 15 is 0 Å². The monoisotopic (exact) mass is 227 g/mol. The lowest BCUT2D eigenvalue weighted by molar-refractivity contribution is 0.163. The van der Waals surface area contributed by atoms with Crippen molar-refractivity contribution in [3.05, 3.63) is 12.4 Å². The molecule has 2 nitrogen and oxygen atoms in total. The second-order valence-electron chi connectivity index (χ2n) is 3.63. The first-order valence-corrected chi connectivity index (χ1v) is 4.68. The Kier molecular flexibility index (Phi) is 4.97. The van der Waals surface area contributed by atoms with Crippen LogP contribution in [0.4, 0.5) is 17.3 Å². The molecule has 0 fully saturated rings. The number of rotatable bonds is 1. The molecule has 0 bridgehead atoms. The maximum Gasteiger partial charge on any atom is 0.673 e. The Hall–Kier alpha value is -0.875. The van der Waals surface area contributed by atoms with E-state index in [0.717, 1.165) is 0 Å². The molecule has 90 valence electrons. The first-order valence-electron chi connectivity index (χ1n) is 4.68. The van der Waals surface area contributed by atoms with Crippen LogP contribution in [0.15, 0.2) is 12.4 Å². The second-order valence-corrected chi connectivity index (χ2v) is 3.63. The van der Waals surface area contributed by atoms with Crippen LogP contribution in [-0.2, 0) is 0 Å². The Morgan fingerprint density at radius 2 is 1.53 bits per heavy atom. The van der Waals surface area contributed by atoms with Gasteiger partial charge in [0, 0.05) is 25.5 Å². The fourth-order valence-electron chi connectivity index (χ4n) is 1.25. The van der Waals surface area contributed by atoms with E-state index in [1.54, 1.807) is 0 Å².